The first kappa shape index (κ1) is 24.2. The normalized spacial score (nSPS) is 17.2. The lowest BCUT2D eigenvalue weighted by atomic mass is 9.95. The molecule has 2 aromatic carbocycles. The molecule has 2 heterocycles. The molecule has 1 fully saturated rings. The van der Waals surface area contributed by atoms with Gasteiger partial charge in [-0.15, -0.1) is 0 Å². The van der Waals surface area contributed by atoms with Gasteiger partial charge >= 0.3 is 11.9 Å². The van der Waals surface area contributed by atoms with E-state index in [9.17, 15) is 28.3 Å². The van der Waals surface area contributed by atoms with Crippen LogP contribution >= 0.6 is 11.3 Å². The summed E-state index contributed by atoms with van der Waals surface area (Å²) in [5, 5.41) is 11.1. The predicted octanol–water partition coefficient (Wildman–Crippen LogP) is 4.84. The summed E-state index contributed by atoms with van der Waals surface area (Å²) >= 11 is 0.855. The second kappa shape index (κ2) is 9.38. The summed E-state index contributed by atoms with van der Waals surface area (Å²) in [5.74, 6) is -4.38. The molecule has 3 aromatic rings. The van der Waals surface area contributed by atoms with Crippen LogP contribution in [0.3, 0.4) is 0 Å². The van der Waals surface area contributed by atoms with Gasteiger partial charge in [-0.1, -0.05) is 35.6 Å². The Bertz CT molecular complexity index is 1380. The van der Waals surface area contributed by atoms with Gasteiger partial charge in [0.15, 0.2) is 5.13 Å². The first-order valence-electron chi connectivity index (χ1n) is 10.6. The fourth-order valence-electron chi connectivity index (χ4n) is 3.76. The van der Waals surface area contributed by atoms with Gasteiger partial charge in [0.05, 0.1) is 23.9 Å². The molecule has 1 aromatic heterocycles. The number of aromatic nitrogens is 1. The highest BCUT2D eigenvalue weighted by Crippen LogP contribution is 2.44. The van der Waals surface area contributed by atoms with Gasteiger partial charge in [-0.05, 0) is 50.1 Å². The molecular formula is C25H20F2N2O5S. The molecule has 0 spiro atoms. The minimum atomic E-state index is -1.19. The maximum Gasteiger partial charge on any atom is 0.350 e. The fourth-order valence-corrected chi connectivity index (χ4v) is 4.74. The van der Waals surface area contributed by atoms with Crippen LogP contribution in [0.4, 0.5) is 13.9 Å². The van der Waals surface area contributed by atoms with Crippen LogP contribution in [0.2, 0.25) is 0 Å². The van der Waals surface area contributed by atoms with Gasteiger partial charge in [-0.25, -0.2) is 18.6 Å². The molecule has 1 aliphatic heterocycles. The molecule has 1 atom stereocenters. The number of ketones is 1. The van der Waals surface area contributed by atoms with Crippen molar-refractivity contribution in [3.63, 3.8) is 0 Å². The number of aryl methyl sites for hydroxylation is 2. The van der Waals surface area contributed by atoms with Crippen molar-refractivity contribution in [2.75, 3.05) is 11.5 Å². The Labute approximate surface area is 203 Å². The van der Waals surface area contributed by atoms with Crippen LogP contribution in [0.25, 0.3) is 5.76 Å². The highest BCUT2D eigenvalue weighted by Gasteiger charge is 2.48. The van der Waals surface area contributed by atoms with Gasteiger partial charge in [-0.3, -0.25) is 14.5 Å². The number of anilines is 1. The van der Waals surface area contributed by atoms with Gasteiger partial charge in [0.25, 0.3) is 5.78 Å². The zero-order chi connectivity index (χ0) is 25.4. The molecule has 7 nitrogen and oxygen atoms in total. The molecule has 10 heteroatoms. The summed E-state index contributed by atoms with van der Waals surface area (Å²) in [6.45, 7) is 4.89. The number of amides is 1. The molecule has 1 N–H and O–H groups in total. The highest BCUT2D eigenvalue weighted by molar-refractivity contribution is 7.17. The molecule has 4 rings (SSSR count). The minimum absolute atomic E-state index is 0.000689. The second-order valence-electron chi connectivity index (χ2n) is 7.82. The number of aliphatic hydroxyl groups is 1. The van der Waals surface area contributed by atoms with Gasteiger partial charge < -0.3 is 9.84 Å². The van der Waals surface area contributed by atoms with Gasteiger partial charge in [0, 0.05) is 5.56 Å². The summed E-state index contributed by atoms with van der Waals surface area (Å²) in [4.78, 5) is 44.1. The number of hydrogen-bond donors (Lipinski definition) is 1. The third kappa shape index (κ3) is 4.32. The van der Waals surface area contributed by atoms with Crippen molar-refractivity contribution in [1.29, 1.82) is 0 Å². The lowest BCUT2D eigenvalue weighted by molar-refractivity contribution is -0.132. The van der Waals surface area contributed by atoms with Crippen molar-refractivity contribution in [3.05, 3.63) is 86.9 Å². The zero-order valence-corrected chi connectivity index (χ0v) is 19.8. The third-order valence-corrected chi connectivity index (χ3v) is 6.66. The highest BCUT2D eigenvalue weighted by atomic mass is 32.1. The number of hydrogen-bond acceptors (Lipinski definition) is 7. The lowest BCUT2D eigenvalue weighted by Crippen LogP contribution is -2.29. The maximum absolute atomic E-state index is 14.2. The fraction of sp³-hybridized carbons (Fsp3) is 0.200. The van der Waals surface area contributed by atoms with Gasteiger partial charge in [0.1, 0.15) is 22.3 Å². The Kier molecular flexibility index (Phi) is 6.49. The third-order valence-electron chi connectivity index (χ3n) is 5.53. The van der Waals surface area contributed by atoms with E-state index in [0.29, 0.717) is 16.8 Å². The zero-order valence-electron chi connectivity index (χ0n) is 19.0. The van der Waals surface area contributed by atoms with E-state index in [1.165, 1.54) is 24.3 Å². The molecule has 1 unspecified atom stereocenters. The Balaban J connectivity index is 1.92. The number of nitrogens with zero attached hydrogens (tertiary/aromatic N) is 2. The van der Waals surface area contributed by atoms with E-state index < -0.39 is 41.1 Å². The molecule has 0 radical (unpaired) electrons. The van der Waals surface area contributed by atoms with Crippen molar-refractivity contribution in [2.45, 2.75) is 26.8 Å². The second-order valence-corrected chi connectivity index (χ2v) is 8.79. The van der Waals surface area contributed by atoms with Crippen LogP contribution < -0.4 is 4.90 Å². The largest absolute Gasteiger partial charge is 0.507 e. The number of aliphatic hydroxyl groups excluding tert-OH is 1. The number of halogens is 2. The summed E-state index contributed by atoms with van der Waals surface area (Å²) < 4.78 is 32.9. The lowest BCUT2D eigenvalue weighted by Gasteiger charge is -2.23. The van der Waals surface area contributed by atoms with Crippen LogP contribution in [-0.4, -0.2) is 34.4 Å². The van der Waals surface area contributed by atoms with Crippen molar-refractivity contribution < 1.29 is 33.0 Å². The minimum Gasteiger partial charge on any atom is -0.507 e. The molecule has 0 bridgehead atoms. The molecule has 1 aliphatic rings. The van der Waals surface area contributed by atoms with Crippen molar-refractivity contribution >= 4 is 39.9 Å². The SMILES string of the molecule is CCOC(=O)c1sc(N2C(=O)C(=O)/C(=C(\O)c3ccc(C)c(F)c3)C2c2ccc(F)cc2)nc1C. The standard InChI is InChI=1S/C25H20F2N2O5S/c1-4-34-24(33)22-13(3)28-25(35-22)29-19(14-7-9-16(26)10-8-14)18(21(31)23(29)32)20(30)15-6-5-12(2)17(27)11-15/h5-11,19,30H,4H2,1-3H3/b20-18-. The number of ether oxygens (including phenoxy) is 1. The van der Waals surface area contributed by atoms with E-state index in [2.05, 4.69) is 4.98 Å². The van der Waals surface area contributed by atoms with E-state index in [4.69, 9.17) is 4.74 Å². The van der Waals surface area contributed by atoms with E-state index in [0.717, 1.165) is 34.4 Å². The number of benzene rings is 2. The summed E-state index contributed by atoms with van der Waals surface area (Å²) in [6, 6.07) is 7.77. The van der Waals surface area contributed by atoms with E-state index >= 15 is 0 Å². The molecular weight excluding hydrogens is 478 g/mol. The van der Waals surface area contributed by atoms with Crippen molar-refractivity contribution in [3.8, 4) is 0 Å². The molecule has 0 saturated carbocycles. The summed E-state index contributed by atoms with van der Waals surface area (Å²) in [7, 11) is 0. The van der Waals surface area contributed by atoms with Gasteiger partial charge in [0.2, 0.25) is 0 Å². The first-order chi connectivity index (χ1) is 16.6. The number of esters is 1. The maximum atomic E-state index is 14.2. The summed E-state index contributed by atoms with van der Waals surface area (Å²) in [6.07, 6.45) is 0. The van der Waals surface area contributed by atoms with Crippen LogP contribution in [-0.2, 0) is 14.3 Å². The van der Waals surface area contributed by atoms with E-state index in [-0.39, 0.29) is 27.8 Å². The smallest absolute Gasteiger partial charge is 0.350 e. The Morgan fingerprint density at radius 3 is 2.46 bits per heavy atom. The Morgan fingerprint density at radius 2 is 1.83 bits per heavy atom. The molecule has 0 aliphatic carbocycles. The molecule has 1 saturated heterocycles. The van der Waals surface area contributed by atoms with Crippen LogP contribution in [0.1, 0.15) is 45.0 Å². The van der Waals surface area contributed by atoms with Gasteiger partial charge in [-0.2, -0.15) is 0 Å². The van der Waals surface area contributed by atoms with Crippen LogP contribution in [0.15, 0.2) is 48.0 Å². The number of carbonyl (C=O) groups excluding carboxylic acids is 3. The van der Waals surface area contributed by atoms with Crippen LogP contribution in [0, 0.1) is 25.5 Å². The van der Waals surface area contributed by atoms with Crippen LogP contribution in [0.5, 0.6) is 0 Å². The molecule has 180 valence electrons. The Hall–Kier alpha value is -3.92. The summed E-state index contributed by atoms with van der Waals surface area (Å²) in [5.41, 5.74) is 0.632. The topological polar surface area (TPSA) is 96.8 Å². The average Bonchev–Trinajstić information content (AvgIpc) is 3.33. The van der Waals surface area contributed by atoms with Crippen molar-refractivity contribution in [2.24, 2.45) is 0 Å². The number of carbonyl (C=O) groups is 3. The number of rotatable bonds is 5. The number of thiazole rings is 1. The first-order valence-corrected chi connectivity index (χ1v) is 11.4. The van der Waals surface area contributed by atoms with E-state index in [1.54, 1.807) is 20.8 Å². The average molecular weight is 499 g/mol. The number of Topliss-reactive ketones (excluding diaryl/α,β-unsaturated/α-hetero) is 1. The Morgan fingerprint density at radius 1 is 1.14 bits per heavy atom. The molecule has 35 heavy (non-hydrogen) atoms. The molecule has 1 amide bonds. The monoisotopic (exact) mass is 498 g/mol. The quantitative estimate of drug-likeness (QED) is 0.234. The predicted molar refractivity (Wildman–Crippen MR) is 125 cm³/mol. The van der Waals surface area contributed by atoms with E-state index in [1.807, 2.05) is 0 Å². The van der Waals surface area contributed by atoms with Crippen molar-refractivity contribution in [1.82, 2.24) is 4.98 Å².